The molecular weight excluding hydrogens is 795 g/mol. The van der Waals surface area contributed by atoms with E-state index in [2.05, 4.69) is 207 Å². The van der Waals surface area contributed by atoms with Crippen molar-refractivity contribution in [2.45, 2.75) is 82.5 Å². The van der Waals surface area contributed by atoms with Crippen LogP contribution in [0.2, 0.25) is 0 Å². The van der Waals surface area contributed by atoms with Crippen molar-refractivity contribution < 1.29 is 0 Å². The van der Waals surface area contributed by atoms with Crippen molar-refractivity contribution in [2.75, 3.05) is 4.90 Å². The molecule has 3 fully saturated rings. The Hall–Kier alpha value is -6.44. The van der Waals surface area contributed by atoms with Crippen molar-refractivity contribution >= 4 is 17.1 Å². The lowest BCUT2D eigenvalue weighted by Crippen LogP contribution is -2.49. The number of nitrogens with zero attached hydrogens (tertiary/aromatic N) is 1. The van der Waals surface area contributed by atoms with Gasteiger partial charge >= 0.3 is 0 Å². The molecule has 0 heterocycles. The normalized spacial score (nSPS) is 22.9. The zero-order chi connectivity index (χ0) is 44.0. The molecule has 3 saturated carbocycles. The molecule has 5 atom stereocenters. The summed E-state index contributed by atoms with van der Waals surface area (Å²) in [7, 11) is 0. The van der Waals surface area contributed by atoms with Gasteiger partial charge < -0.3 is 4.90 Å². The van der Waals surface area contributed by atoms with E-state index in [1.54, 1.807) is 16.7 Å². The average Bonchev–Trinajstić information content (AvgIpc) is 3.81. The molecule has 1 nitrogen and oxygen atoms in total. The van der Waals surface area contributed by atoms with Crippen LogP contribution in [0.3, 0.4) is 0 Å². The molecule has 13 rings (SSSR count). The molecular formula is C65H59N. The summed E-state index contributed by atoms with van der Waals surface area (Å²) >= 11 is 0. The highest BCUT2D eigenvalue weighted by Gasteiger charge is 2.57. The number of fused-ring (bicyclic) bond motifs is 13. The van der Waals surface area contributed by atoms with Gasteiger partial charge in [0.1, 0.15) is 0 Å². The van der Waals surface area contributed by atoms with E-state index in [0.29, 0.717) is 11.8 Å². The molecule has 2 bridgehead atoms. The van der Waals surface area contributed by atoms with Crippen molar-refractivity contribution in [1.29, 1.82) is 0 Å². The first-order valence-electron chi connectivity index (χ1n) is 25.1. The summed E-state index contributed by atoms with van der Waals surface area (Å²) in [5, 5.41) is 0. The van der Waals surface area contributed by atoms with Crippen LogP contribution in [-0.4, -0.2) is 0 Å². The van der Waals surface area contributed by atoms with Crippen LogP contribution in [-0.2, 0) is 10.8 Å². The SMILES string of the molecule is C[C@@H]1CC2C[C@@H](C1)[C@@]1(c3ccccc3-c3c(-c4cccc(N(c5ccc(-c6ccccc6)cc5)c5cccc(-c6ccc7c(c6)C6(CCCCC6)c6ccccc6-7)c5)c4)cccc31)[C@@H](C)C2. The summed E-state index contributed by atoms with van der Waals surface area (Å²) in [5.74, 6) is 2.92. The Kier molecular flexibility index (Phi) is 9.42. The molecule has 0 amide bonds. The van der Waals surface area contributed by atoms with Gasteiger partial charge in [0.25, 0.3) is 0 Å². The fraction of sp³-hybridized carbons (Fsp3) is 0.262. The maximum Gasteiger partial charge on any atom is 0.0467 e. The van der Waals surface area contributed by atoms with Gasteiger partial charge in [-0.25, -0.2) is 0 Å². The van der Waals surface area contributed by atoms with Crippen LogP contribution in [0.25, 0.3) is 55.6 Å². The van der Waals surface area contributed by atoms with Gasteiger partial charge in [0.05, 0.1) is 0 Å². The first-order valence-corrected chi connectivity index (χ1v) is 25.1. The van der Waals surface area contributed by atoms with Crippen LogP contribution in [0.4, 0.5) is 17.1 Å². The lowest BCUT2D eigenvalue weighted by atomic mass is 9.49. The third kappa shape index (κ3) is 6.04. The average molecular weight is 854 g/mol. The molecule has 5 aliphatic carbocycles. The zero-order valence-corrected chi connectivity index (χ0v) is 38.5. The summed E-state index contributed by atoms with van der Waals surface area (Å²) in [5.41, 5.74) is 23.3. The van der Waals surface area contributed by atoms with Gasteiger partial charge in [0, 0.05) is 27.9 Å². The largest absolute Gasteiger partial charge is 0.310 e. The Bertz CT molecular complexity index is 3130. The number of rotatable bonds is 6. The Morgan fingerprint density at radius 2 is 0.985 bits per heavy atom. The van der Waals surface area contributed by atoms with E-state index >= 15 is 0 Å². The van der Waals surface area contributed by atoms with Crippen LogP contribution in [0.15, 0.2) is 188 Å². The van der Waals surface area contributed by atoms with Gasteiger partial charge in [-0.3, -0.25) is 0 Å². The predicted octanol–water partition coefficient (Wildman–Crippen LogP) is 17.7. The summed E-state index contributed by atoms with van der Waals surface area (Å²) < 4.78 is 0. The van der Waals surface area contributed by atoms with Gasteiger partial charge in [-0.05, 0) is 183 Å². The minimum absolute atomic E-state index is 0.0642. The molecule has 1 heteroatoms. The summed E-state index contributed by atoms with van der Waals surface area (Å²) in [4.78, 5) is 2.49. The standard InChI is InChI=1S/C65H59N/c1-43-36-45-38-44(2)65(51(37-43)39-45)60-26-10-8-23-58(60)63-55(24-15-27-61(63)65)50-19-14-21-54(41-50)66(52-31-28-47(29-32-52)46-16-5-3-6-17-46)53-20-13-18-48(40-53)49-30-33-57-56-22-7-9-25-59(56)64(62(57)42-49)34-11-4-12-35-64/h3,5-10,13-33,40-45,51H,4,11-12,34-39H2,1-2H3/t43-,44+,45?,51-,65-/m1/s1. The third-order valence-corrected chi connectivity index (χ3v) is 17.4. The number of hydrogen-bond acceptors (Lipinski definition) is 1. The second kappa shape index (κ2) is 15.6. The number of benzene rings is 8. The van der Waals surface area contributed by atoms with Crippen molar-refractivity contribution in [2.24, 2.45) is 23.7 Å². The second-order valence-corrected chi connectivity index (χ2v) is 21.0. The molecule has 2 spiro atoms. The van der Waals surface area contributed by atoms with Crippen molar-refractivity contribution in [3.05, 3.63) is 210 Å². The van der Waals surface area contributed by atoms with Crippen molar-refractivity contribution in [1.82, 2.24) is 0 Å². The second-order valence-electron chi connectivity index (χ2n) is 21.0. The summed E-state index contributed by atoms with van der Waals surface area (Å²) in [6, 6.07) is 72.1. The van der Waals surface area contributed by atoms with Crippen LogP contribution < -0.4 is 4.90 Å². The zero-order valence-electron chi connectivity index (χ0n) is 38.5. The van der Waals surface area contributed by atoms with E-state index < -0.39 is 0 Å². The van der Waals surface area contributed by atoms with Gasteiger partial charge in [-0.1, -0.05) is 179 Å². The van der Waals surface area contributed by atoms with Crippen LogP contribution >= 0.6 is 0 Å². The Morgan fingerprint density at radius 1 is 0.394 bits per heavy atom. The fourth-order valence-corrected chi connectivity index (χ4v) is 14.9. The van der Waals surface area contributed by atoms with E-state index in [4.69, 9.17) is 0 Å². The van der Waals surface area contributed by atoms with E-state index in [1.807, 2.05) is 0 Å². The van der Waals surface area contributed by atoms with Crippen LogP contribution in [0.5, 0.6) is 0 Å². The molecule has 324 valence electrons. The summed E-state index contributed by atoms with van der Waals surface area (Å²) in [6.45, 7) is 5.10. The fourth-order valence-electron chi connectivity index (χ4n) is 14.9. The maximum absolute atomic E-state index is 2.58. The maximum atomic E-state index is 2.58. The topological polar surface area (TPSA) is 3.24 Å². The monoisotopic (exact) mass is 853 g/mol. The van der Waals surface area contributed by atoms with Crippen molar-refractivity contribution in [3.8, 4) is 55.6 Å². The third-order valence-electron chi connectivity index (χ3n) is 17.4. The number of hydrogen-bond donors (Lipinski definition) is 0. The highest BCUT2D eigenvalue weighted by Crippen LogP contribution is 2.66. The lowest BCUT2D eigenvalue weighted by Gasteiger charge is -2.54. The molecule has 0 aliphatic heterocycles. The summed E-state index contributed by atoms with van der Waals surface area (Å²) in [6.07, 6.45) is 11.8. The Balaban J connectivity index is 0.941. The van der Waals surface area contributed by atoms with E-state index in [0.717, 1.165) is 28.9 Å². The van der Waals surface area contributed by atoms with Gasteiger partial charge in [-0.2, -0.15) is 0 Å². The van der Waals surface area contributed by atoms with Gasteiger partial charge in [-0.15, -0.1) is 0 Å². The van der Waals surface area contributed by atoms with Gasteiger partial charge in [0.2, 0.25) is 0 Å². The van der Waals surface area contributed by atoms with Gasteiger partial charge in [0.15, 0.2) is 0 Å². The smallest absolute Gasteiger partial charge is 0.0467 e. The first-order chi connectivity index (χ1) is 32.5. The Labute approximate surface area is 392 Å². The molecule has 1 unspecified atom stereocenters. The molecule has 5 aliphatic rings. The van der Waals surface area contributed by atoms with Crippen molar-refractivity contribution in [3.63, 3.8) is 0 Å². The van der Waals surface area contributed by atoms with Crippen LogP contribution in [0.1, 0.15) is 93.9 Å². The molecule has 8 aromatic rings. The minimum Gasteiger partial charge on any atom is -0.310 e. The highest BCUT2D eigenvalue weighted by molar-refractivity contribution is 5.94. The predicted molar refractivity (Wildman–Crippen MR) is 277 cm³/mol. The lowest BCUT2D eigenvalue weighted by molar-refractivity contribution is 0.0426. The van der Waals surface area contributed by atoms with E-state index in [-0.39, 0.29) is 10.8 Å². The molecule has 66 heavy (non-hydrogen) atoms. The minimum atomic E-state index is 0.0642. The molecule has 8 aromatic carbocycles. The molecule has 0 N–H and O–H groups in total. The first kappa shape index (κ1) is 39.9. The molecule has 0 aromatic heterocycles. The Morgan fingerprint density at radius 3 is 1.79 bits per heavy atom. The van der Waals surface area contributed by atoms with Crippen LogP contribution in [0, 0.1) is 23.7 Å². The van der Waals surface area contributed by atoms with E-state index in [9.17, 15) is 0 Å². The quantitative estimate of drug-likeness (QED) is 0.161. The molecule has 0 saturated heterocycles. The molecule has 0 radical (unpaired) electrons. The highest BCUT2D eigenvalue weighted by atomic mass is 15.1. The van der Waals surface area contributed by atoms with E-state index in [1.165, 1.54) is 119 Å². The number of anilines is 3.